The number of nitrogens with two attached hydrogens (primary N) is 1. The van der Waals surface area contributed by atoms with E-state index in [4.69, 9.17) is 25.1 Å². The molecule has 0 saturated carbocycles. The van der Waals surface area contributed by atoms with Crippen molar-refractivity contribution in [1.82, 2.24) is 25.7 Å². The monoisotopic (exact) mass is 850 g/mol. The minimum Gasteiger partial charge on any atom is -0.497 e. The quantitative estimate of drug-likeness (QED) is 0.135. The molecule has 46 heavy (non-hydrogen) atoms. The van der Waals surface area contributed by atoms with Crippen LogP contribution >= 0.6 is 45.2 Å². The minimum atomic E-state index is -0.558. The van der Waals surface area contributed by atoms with Gasteiger partial charge < -0.3 is 31.2 Å². The maximum absolute atomic E-state index is 12.0. The van der Waals surface area contributed by atoms with Gasteiger partial charge in [0.15, 0.2) is 11.4 Å². The summed E-state index contributed by atoms with van der Waals surface area (Å²) in [5.41, 5.74) is 9.35. The Kier molecular flexibility index (Phi) is 12.9. The van der Waals surface area contributed by atoms with Crippen molar-refractivity contribution in [2.24, 2.45) is 5.73 Å². The van der Waals surface area contributed by atoms with Crippen LogP contribution in [0.2, 0.25) is 0 Å². The normalized spacial score (nSPS) is 10.2. The summed E-state index contributed by atoms with van der Waals surface area (Å²) in [6.45, 7) is 0. The summed E-state index contributed by atoms with van der Waals surface area (Å²) in [7, 11) is 5.51. The maximum atomic E-state index is 12.0. The molecule has 0 fully saturated rings. The zero-order chi connectivity index (χ0) is 32.7. The predicted molar refractivity (Wildman–Crippen MR) is 194 cm³/mol. The van der Waals surface area contributed by atoms with Crippen LogP contribution in [0.25, 0.3) is 33.2 Å². The molecule has 6 rings (SSSR count). The first-order chi connectivity index (χ1) is 21.7. The molecule has 0 aliphatic heterocycles. The van der Waals surface area contributed by atoms with Gasteiger partial charge in [-0.1, -0.05) is 12.1 Å². The summed E-state index contributed by atoms with van der Waals surface area (Å²) in [4.78, 5) is 23.6. The molecular weight excluding hydrogens is 818 g/mol. The molecule has 6 N–H and O–H groups in total. The summed E-state index contributed by atoms with van der Waals surface area (Å²) in [5, 5.41) is 17.2. The second kappa shape index (κ2) is 16.3. The van der Waals surface area contributed by atoms with Gasteiger partial charge in [-0.2, -0.15) is 10.2 Å². The van der Waals surface area contributed by atoms with Gasteiger partial charge in [-0.15, -0.1) is 0 Å². The average Bonchev–Trinajstić information content (AvgIpc) is 3.64. The number of carbonyl (C=O) groups excluding carboxylic acids is 2. The number of aliphatic hydroxyl groups is 1. The topological polar surface area (TPSA) is 179 Å². The number of hydrogen-bond acceptors (Lipinski definition) is 9. The van der Waals surface area contributed by atoms with Crippen molar-refractivity contribution in [2.75, 3.05) is 28.4 Å². The fourth-order valence-corrected chi connectivity index (χ4v) is 5.54. The number of halogens is 2. The summed E-state index contributed by atoms with van der Waals surface area (Å²) in [6, 6.07) is 26.7. The zero-order valence-electron chi connectivity index (χ0n) is 25.4. The van der Waals surface area contributed by atoms with Gasteiger partial charge in [0.1, 0.15) is 11.5 Å². The van der Waals surface area contributed by atoms with Gasteiger partial charge >= 0.3 is 5.97 Å². The van der Waals surface area contributed by atoms with Crippen LogP contribution in [0.4, 0.5) is 0 Å². The summed E-state index contributed by atoms with van der Waals surface area (Å²) in [5.74, 6) is 0.298. The molecular formula is C32H32I2N6O6. The largest absolute Gasteiger partial charge is 0.497 e. The first-order valence-electron chi connectivity index (χ1n) is 13.2. The smallest absolute Gasteiger partial charge is 0.359 e. The summed E-state index contributed by atoms with van der Waals surface area (Å²) in [6.07, 6.45) is 0. The van der Waals surface area contributed by atoms with E-state index >= 15 is 0 Å². The molecule has 0 saturated heterocycles. The van der Waals surface area contributed by atoms with Crippen molar-refractivity contribution in [1.29, 1.82) is 0 Å². The van der Waals surface area contributed by atoms with Crippen molar-refractivity contribution in [3.63, 3.8) is 0 Å². The lowest BCUT2D eigenvalue weighted by molar-refractivity contribution is 0.0595. The van der Waals surface area contributed by atoms with Crippen molar-refractivity contribution in [3.05, 3.63) is 103 Å². The number of nitrogens with zero attached hydrogens (tertiary/aromatic N) is 4. The van der Waals surface area contributed by atoms with E-state index in [1.54, 1.807) is 35.7 Å². The number of methoxy groups -OCH3 is 3. The van der Waals surface area contributed by atoms with E-state index < -0.39 is 11.9 Å². The number of esters is 1. The average molecular weight is 850 g/mol. The van der Waals surface area contributed by atoms with E-state index in [1.807, 2.05) is 72.8 Å². The van der Waals surface area contributed by atoms with Crippen molar-refractivity contribution < 1.29 is 28.9 Å². The molecule has 0 aliphatic rings. The van der Waals surface area contributed by atoms with Gasteiger partial charge in [-0.25, -0.2) is 14.2 Å². The molecule has 2 aromatic heterocycles. The van der Waals surface area contributed by atoms with Crippen LogP contribution < -0.4 is 21.4 Å². The van der Waals surface area contributed by atoms with Crippen LogP contribution in [0.3, 0.4) is 0 Å². The Morgan fingerprint density at radius 3 is 1.52 bits per heavy atom. The van der Waals surface area contributed by atoms with E-state index in [0.717, 1.165) is 36.7 Å². The predicted octanol–water partition coefficient (Wildman–Crippen LogP) is 5.93. The number of fused-ring (bicyclic) bond motifs is 2. The van der Waals surface area contributed by atoms with Gasteiger partial charge in [-0.05, 0) is 118 Å². The standard InChI is InChI=1S/C16H13IN2O3.C15H12IN3O2.CH4O.H3N/c1-21-12-6-7-14-13(9-12)15(16(20)22-2)18-19(14)11-5-3-4-10(17)8-11;1-21-11-5-6-13-12(8-11)14(15(17)20)18-19(13)10-4-2-3-9(16)7-10;1-2;/h3-9H,1-2H3;2-8H,1H3,(H2,17,20);2H,1H3;1H3. The second-order valence-electron chi connectivity index (χ2n) is 9.10. The second-order valence-corrected chi connectivity index (χ2v) is 11.6. The van der Waals surface area contributed by atoms with Crippen LogP contribution in [-0.4, -0.2) is 65.0 Å². The molecule has 4 aromatic carbocycles. The Labute approximate surface area is 292 Å². The molecule has 14 heteroatoms. The van der Waals surface area contributed by atoms with Gasteiger partial charge in [0.25, 0.3) is 5.91 Å². The first-order valence-corrected chi connectivity index (χ1v) is 15.4. The lowest BCUT2D eigenvalue weighted by atomic mass is 10.2. The lowest BCUT2D eigenvalue weighted by Crippen LogP contribution is -2.12. The van der Waals surface area contributed by atoms with E-state index in [2.05, 4.69) is 55.4 Å². The number of amides is 1. The molecule has 0 spiro atoms. The molecule has 12 nitrogen and oxygen atoms in total. The Hall–Kier alpha value is -4.26. The molecule has 0 aliphatic carbocycles. The maximum Gasteiger partial charge on any atom is 0.359 e. The number of benzene rings is 4. The molecule has 240 valence electrons. The third kappa shape index (κ3) is 7.75. The third-order valence-electron chi connectivity index (χ3n) is 6.49. The van der Waals surface area contributed by atoms with E-state index in [1.165, 1.54) is 7.11 Å². The number of ether oxygens (including phenoxy) is 3. The van der Waals surface area contributed by atoms with Crippen LogP contribution in [0, 0.1) is 7.14 Å². The SMILES string of the molecule is CO.COC(=O)c1nn(-c2cccc(I)c2)c2ccc(OC)cc12.COc1ccc2c(c1)c(C(N)=O)nn2-c1cccc(I)c1.N. The Morgan fingerprint density at radius 1 is 0.696 bits per heavy atom. The van der Waals surface area contributed by atoms with Crippen LogP contribution in [-0.2, 0) is 4.74 Å². The number of rotatable bonds is 6. The minimum absolute atomic E-state index is 0. The van der Waals surface area contributed by atoms with Crippen molar-refractivity contribution >= 4 is 78.9 Å². The highest BCUT2D eigenvalue weighted by molar-refractivity contribution is 14.1. The Bertz CT molecular complexity index is 1990. The molecule has 0 atom stereocenters. The van der Waals surface area contributed by atoms with E-state index in [9.17, 15) is 9.59 Å². The first kappa shape index (κ1) is 36.2. The van der Waals surface area contributed by atoms with Gasteiger partial charge in [0.2, 0.25) is 0 Å². The summed E-state index contributed by atoms with van der Waals surface area (Å²) >= 11 is 4.48. The molecule has 0 radical (unpaired) electrons. The highest BCUT2D eigenvalue weighted by atomic mass is 127. The number of aromatic nitrogens is 4. The van der Waals surface area contributed by atoms with Crippen molar-refractivity contribution in [2.45, 2.75) is 0 Å². The zero-order valence-corrected chi connectivity index (χ0v) is 29.7. The highest BCUT2D eigenvalue weighted by Gasteiger charge is 2.20. The third-order valence-corrected chi connectivity index (χ3v) is 7.83. The van der Waals surface area contributed by atoms with E-state index in [-0.39, 0.29) is 17.5 Å². The number of aliphatic hydroxyl groups excluding tert-OH is 1. The molecule has 0 bridgehead atoms. The Balaban J connectivity index is 0.000000233. The molecule has 0 unspecified atom stereocenters. The Morgan fingerprint density at radius 2 is 1.13 bits per heavy atom. The number of carbonyl (C=O) groups is 2. The van der Waals surface area contributed by atoms with Crippen LogP contribution in [0.1, 0.15) is 21.0 Å². The lowest BCUT2D eigenvalue weighted by Gasteiger charge is -2.04. The van der Waals surface area contributed by atoms with Gasteiger partial charge in [-0.3, -0.25) is 4.79 Å². The molecule has 6 aromatic rings. The van der Waals surface area contributed by atoms with Gasteiger partial charge in [0.05, 0.1) is 43.7 Å². The fourth-order valence-electron chi connectivity index (χ4n) is 4.49. The number of primary amides is 1. The fraction of sp³-hybridized carbons (Fsp3) is 0.125. The molecule has 1 amide bonds. The van der Waals surface area contributed by atoms with E-state index in [0.29, 0.717) is 22.3 Å². The number of hydrogen-bond donors (Lipinski definition) is 3. The molecule has 2 heterocycles. The van der Waals surface area contributed by atoms with Gasteiger partial charge in [0, 0.05) is 25.0 Å². The van der Waals surface area contributed by atoms with Crippen molar-refractivity contribution in [3.8, 4) is 22.9 Å². The van der Waals surface area contributed by atoms with Crippen LogP contribution in [0.5, 0.6) is 11.5 Å². The van der Waals surface area contributed by atoms with Crippen LogP contribution in [0.15, 0.2) is 84.9 Å². The summed E-state index contributed by atoms with van der Waals surface area (Å²) < 4.78 is 20.9. The highest BCUT2D eigenvalue weighted by Crippen LogP contribution is 2.28.